The number of carbonyl (C=O) groups is 1. The monoisotopic (exact) mass is 231 g/mol. The molecule has 0 saturated heterocycles. The molecular formula is C15H21NO. The van der Waals surface area contributed by atoms with Crippen LogP contribution >= 0.6 is 0 Å². The Morgan fingerprint density at radius 1 is 1.35 bits per heavy atom. The maximum Gasteiger partial charge on any atom is 0.141 e. The maximum atomic E-state index is 12.3. The molecule has 1 aliphatic carbocycles. The third-order valence-corrected chi connectivity index (χ3v) is 3.81. The van der Waals surface area contributed by atoms with Crippen molar-refractivity contribution in [2.24, 2.45) is 23.5 Å². The summed E-state index contributed by atoms with van der Waals surface area (Å²) in [6, 6.07) is 10.3. The second kappa shape index (κ2) is 5.01. The van der Waals surface area contributed by atoms with Crippen LogP contribution < -0.4 is 5.73 Å². The summed E-state index contributed by atoms with van der Waals surface area (Å²) in [6.45, 7) is 4.64. The Labute approximate surface area is 103 Å². The predicted octanol–water partition coefficient (Wildman–Crippen LogP) is 2.59. The van der Waals surface area contributed by atoms with E-state index in [4.69, 9.17) is 5.73 Å². The highest BCUT2D eigenvalue weighted by Gasteiger charge is 2.45. The molecule has 2 nitrogen and oxygen atoms in total. The first-order chi connectivity index (χ1) is 8.15. The van der Waals surface area contributed by atoms with Crippen LogP contribution in [0.4, 0.5) is 0 Å². The molecule has 0 spiro atoms. The van der Waals surface area contributed by atoms with Gasteiger partial charge in [-0.25, -0.2) is 0 Å². The van der Waals surface area contributed by atoms with Gasteiger partial charge in [0.1, 0.15) is 5.78 Å². The summed E-state index contributed by atoms with van der Waals surface area (Å²) in [6.07, 6.45) is 1.01. The fourth-order valence-electron chi connectivity index (χ4n) is 2.57. The Kier molecular flexibility index (Phi) is 3.63. The quantitative estimate of drug-likeness (QED) is 0.846. The molecule has 0 amide bonds. The van der Waals surface area contributed by atoms with Gasteiger partial charge in [-0.2, -0.15) is 0 Å². The standard InChI is InChI=1S/C15H21NO/c1-10(2)14(9-16)15(17)13-8-12(13)11-6-4-3-5-7-11/h3-7,10,12-14H,8-9,16H2,1-2H3. The highest BCUT2D eigenvalue weighted by Crippen LogP contribution is 2.49. The first-order valence-electron chi connectivity index (χ1n) is 6.44. The third kappa shape index (κ3) is 2.58. The van der Waals surface area contributed by atoms with Crippen LogP contribution in [0.3, 0.4) is 0 Å². The fourth-order valence-corrected chi connectivity index (χ4v) is 2.57. The van der Waals surface area contributed by atoms with Gasteiger partial charge >= 0.3 is 0 Å². The van der Waals surface area contributed by atoms with Crippen LogP contribution in [-0.4, -0.2) is 12.3 Å². The normalized spacial score (nSPS) is 24.7. The number of hydrogen-bond donors (Lipinski definition) is 1. The van der Waals surface area contributed by atoms with Gasteiger partial charge in [0, 0.05) is 18.4 Å². The topological polar surface area (TPSA) is 43.1 Å². The lowest BCUT2D eigenvalue weighted by Gasteiger charge is -2.17. The van der Waals surface area contributed by atoms with Gasteiger partial charge in [-0.15, -0.1) is 0 Å². The Bertz CT molecular complexity index is 385. The van der Waals surface area contributed by atoms with E-state index in [1.54, 1.807) is 0 Å². The second-order valence-corrected chi connectivity index (χ2v) is 5.35. The minimum absolute atomic E-state index is 0.0358. The van der Waals surface area contributed by atoms with E-state index in [2.05, 4.69) is 26.0 Å². The van der Waals surface area contributed by atoms with Crippen LogP contribution in [0, 0.1) is 17.8 Å². The predicted molar refractivity (Wildman–Crippen MR) is 69.7 cm³/mol. The van der Waals surface area contributed by atoms with Crippen LogP contribution in [0.2, 0.25) is 0 Å². The van der Waals surface area contributed by atoms with Crippen molar-refractivity contribution in [3.63, 3.8) is 0 Å². The van der Waals surface area contributed by atoms with E-state index in [0.29, 0.717) is 24.2 Å². The molecule has 0 aliphatic heterocycles. The molecule has 0 radical (unpaired) electrons. The molecule has 92 valence electrons. The summed E-state index contributed by atoms with van der Waals surface area (Å²) in [5.74, 6) is 1.42. The second-order valence-electron chi connectivity index (χ2n) is 5.35. The lowest BCUT2D eigenvalue weighted by atomic mass is 9.88. The largest absolute Gasteiger partial charge is 0.330 e. The molecule has 0 bridgehead atoms. The van der Waals surface area contributed by atoms with Gasteiger partial charge in [0.15, 0.2) is 0 Å². The molecule has 1 fully saturated rings. The molecule has 1 aliphatic rings. The van der Waals surface area contributed by atoms with E-state index in [1.807, 2.05) is 18.2 Å². The number of ketones is 1. The summed E-state index contributed by atoms with van der Waals surface area (Å²) in [5.41, 5.74) is 7.00. The summed E-state index contributed by atoms with van der Waals surface area (Å²) in [4.78, 5) is 12.3. The molecule has 1 saturated carbocycles. The van der Waals surface area contributed by atoms with Crippen LogP contribution in [0.15, 0.2) is 30.3 Å². The molecular weight excluding hydrogens is 210 g/mol. The van der Waals surface area contributed by atoms with Crippen molar-refractivity contribution in [1.29, 1.82) is 0 Å². The number of Topliss-reactive ketones (excluding diaryl/α,β-unsaturated/α-hetero) is 1. The minimum Gasteiger partial charge on any atom is -0.330 e. The Balaban J connectivity index is 2.01. The van der Waals surface area contributed by atoms with Gasteiger partial charge in [0.05, 0.1) is 0 Å². The summed E-state index contributed by atoms with van der Waals surface area (Å²) in [5, 5.41) is 0. The van der Waals surface area contributed by atoms with Gasteiger partial charge < -0.3 is 5.73 Å². The molecule has 2 rings (SSSR count). The van der Waals surface area contributed by atoms with Crippen LogP contribution in [0.1, 0.15) is 31.7 Å². The summed E-state index contributed by atoms with van der Waals surface area (Å²) in [7, 11) is 0. The molecule has 1 aromatic carbocycles. The van der Waals surface area contributed by atoms with Crippen molar-refractivity contribution >= 4 is 5.78 Å². The molecule has 17 heavy (non-hydrogen) atoms. The first-order valence-corrected chi connectivity index (χ1v) is 6.44. The average molecular weight is 231 g/mol. The van der Waals surface area contributed by atoms with E-state index in [0.717, 1.165) is 6.42 Å². The van der Waals surface area contributed by atoms with Crippen LogP contribution in [-0.2, 0) is 4.79 Å². The molecule has 0 aromatic heterocycles. The lowest BCUT2D eigenvalue weighted by Crippen LogP contribution is -2.29. The highest BCUT2D eigenvalue weighted by atomic mass is 16.1. The molecule has 3 atom stereocenters. The fraction of sp³-hybridized carbons (Fsp3) is 0.533. The Hall–Kier alpha value is -1.15. The average Bonchev–Trinajstić information content (AvgIpc) is 3.10. The summed E-state index contributed by atoms with van der Waals surface area (Å²) < 4.78 is 0. The minimum atomic E-state index is 0.0358. The van der Waals surface area contributed by atoms with Crippen molar-refractivity contribution in [2.45, 2.75) is 26.2 Å². The van der Waals surface area contributed by atoms with Crippen molar-refractivity contribution in [1.82, 2.24) is 0 Å². The van der Waals surface area contributed by atoms with E-state index in [-0.39, 0.29) is 11.8 Å². The zero-order valence-corrected chi connectivity index (χ0v) is 10.6. The zero-order chi connectivity index (χ0) is 12.4. The maximum absolute atomic E-state index is 12.3. The van der Waals surface area contributed by atoms with Crippen molar-refractivity contribution in [3.8, 4) is 0 Å². The smallest absolute Gasteiger partial charge is 0.141 e. The van der Waals surface area contributed by atoms with Crippen molar-refractivity contribution in [2.75, 3.05) is 6.54 Å². The molecule has 2 N–H and O–H groups in total. The molecule has 0 heterocycles. The molecule has 3 unspecified atom stereocenters. The van der Waals surface area contributed by atoms with Crippen LogP contribution in [0.5, 0.6) is 0 Å². The number of rotatable bonds is 5. The SMILES string of the molecule is CC(C)C(CN)C(=O)C1CC1c1ccccc1. The van der Waals surface area contributed by atoms with Gasteiger partial charge in [0.2, 0.25) is 0 Å². The van der Waals surface area contributed by atoms with E-state index < -0.39 is 0 Å². The molecule has 1 aromatic rings. The summed E-state index contributed by atoms with van der Waals surface area (Å²) >= 11 is 0. The van der Waals surface area contributed by atoms with Crippen LogP contribution in [0.25, 0.3) is 0 Å². The van der Waals surface area contributed by atoms with Gasteiger partial charge in [-0.3, -0.25) is 4.79 Å². The van der Waals surface area contributed by atoms with Gasteiger partial charge in [0.25, 0.3) is 0 Å². The lowest BCUT2D eigenvalue weighted by molar-refractivity contribution is -0.125. The Morgan fingerprint density at radius 2 is 2.00 bits per heavy atom. The third-order valence-electron chi connectivity index (χ3n) is 3.81. The number of hydrogen-bond acceptors (Lipinski definition) is 2. The highest BCUT2D eigenvalue weighted by molar-refractivity contribution is 5.87. The Morgan fingerprint density at radius 3 is 2.53 bits per heavy atom. The van der Waals surface area contributed by atoms with E-state index >= 15 is 0 Å². The first kappa shape index (κ1) is 12.3. The molecule has 2 heteroatoms. The van der Waals surface area contributed by atoms with Gasteiger partial charge in [-0.05, 0) is 23.8 Å². The number of carbonyl (C=O) groups excluding carboxylic acids is 1. The van der Waals surface area contributed by atoms with Crippen molar-refractivity contribution in [3.05, 3.63) is 35.9 Å². The number of benzene rings is 1. The zero-order valence-electron chi connectivity index (χ0n) is 10.6. The van der Waals surface area contributed by atoms with E-state index in [1.165, 1.54) is 5.56 Å². The van der Waals surface area contributed by atoms with Crippen molar-refractivity contribution < 1.29 is 4.79 Å². The van der Waals surface area contributed by atoms with Gasteiger partial charge in [-0.1, -0.05) is 44.2 Å². The number of nitrogens with two attached hydrogens (primary N) is 1. The van der Waals surface area contributed by atoms with E-state index in [9.17, 15) is 4.79 Å².